The van der Waals surface area contributed by atoms with E-state index in [0.717, 1.165) is 16.5 Å². The molecule has 1 unspecified atom stereocenters. The van der Waals surface area contributed by atoms with Crippen molar-refractivity contribution < 1.29 is 18.0 Å². The maximum absolute atomic E-state index is 13.5. The maximum atomic E-state index is 13.5. The molecular weight excluding hydrogens is 357 g/mol. The van der Waals surface area contributed by atoms with Gasteiger partial charge in [0.05, 0.1) is 16.8 Å². The first-order valence-electron chi connectivity index (χ1n) is 8.93. The van der Waals surface area contributed by atoms with Crippen LogP contribution in [0, 0.1) is 13.8 Å². The molecule has 1 aromatic heterocycles. The van der Waals surface area contributed by atoms with E-state index in [1.165, 1.54) is 4.90 Å². The quantitative estimate of drug-likeness (QED) is 0.856. The third-order valence-corrected chi connectivity index (χ3v) is 4.83. The lowest BCUT2D eigenvalue weighted by Crippen LogP contribution is -2.57. The normalized spacial score (nSPS) is 17.1. The summed E-state index contributed by atoms with van der Waals surface area (Å²) in [6, 6.07) is 5.68. The van der Waals surface area contributed by atoms with Crippen LogP contribution in [0.4, 0.5) is 13.2 Å². The second-order valence-electron chi connectivity index (χ2n) is 6.87. The lowest BCUT2D eigenvalue weighted by atomic mass is 10.1. The molecule has 3 rings (SSSR count). The molecule has 0 aliphatic carbocycles. The number of aromatic nitrogens is 1. The minimum absolute atomic E-state index is 0.300. The van der Waals surface area contributed by atoms with Gasteiger partial charge >= 0.3 is 6.18 Å². The van der Waals surface area contributed by atoms with Crippen molar-refractivity contribution in [3.8, 4) is 0 Å². The van der Waals surface area contributed by atoms with Crippen molar-refractivity contribution in [1.82, 2.24) is 20.5 Å². The summed E-state index contributed by atoms with van der Waals surface area (Å²) < 4.78 is 40.4. The monoisotopic (exact) mass is 380 g/mol. The molecule has 5 nitrogen and oxygen atoms in total. The number of fused-ring (bicyclic) bond motifs is 1. The van der Waals surface area contributed by atoms with E-state index in [1.54, 1.807) is 13.0 Å². The summed E-state index contributed by atoms with van der Waals surface area (Å²) in [5, 5.41) is 6.29. The maximum Gasteiger partial charge on any atom is 0.405 e. The summed E-state index contributed by atoms with van der Waals surface area (Å²) in [7, 11) is 0. The van der Waals surface area contributed by atoms with Crippen molar-refractivity contribution in [2.45, 2.75) is 26.1 Å². The van der Waals surface area contributed by atoms with E-state index < -0.39 is 24.7 Å². The van der Waals surface area contributed by atoms with Crippen LogP contribution in [0.1, 0.15) is 21.6 Å². The predicted octanol–water partition coefficient (Wildman–Crippen LogP) is 2.42. The fraction of sp³-hybridized carbons (Fsp3) is 0.474. The highest BCUT2D eigenvalue weighted by molar-refractivity contribution is 5.98. The molecule has 2 heterocycles. The van der Waals surface area contributed by atoms with E-state index in [-0.39, 0.29) is 0 Å². The van der Waals surface area contributed by atoms with Gasteiger partial charge in [0, 0.05) is 38.1 Å². The minimum atomic E-state index is -4.40. The van der Waals surface area contributed by atoms with Crippen LogP contribution >= 0.6 is 0 Å². The lowest BCUT2D eigenvalue weighted by molar-refractivity contribution is -0.183. The molecule has 27 heavy (non-hydrogen) atoms. The molecule has 1 aromatic carbocycles. The van der Waals surface area contributed by atoms with Gasteiger partial charge in [0.1, 0.15) is 6.04 Å². The molecule has 0 radical (unpaired) electrons. The number of nitrogens with one attached hydrogen (secondary N) is 2. The molecule has 1 amide bonds. The Kier molecular flexibility index (Phi) is 5.67. The Labute approximate surface area is 155 Å². The average Bonchev–Trinajstić information content (AvgIpc) is 2.61. The smallest absolute Gasteiger partial charge is 0.350 e. The number of alkyl halides is 3. The topological polar surface area (TPSA) is 57.3 Å². The first kappa shape index (κ1) is 19.6. The molecule has 1 fully saturated rings. The number of halogens is 3. The number of carbonyl (C=O) groups excluding carboxylic acids is 1. The molecule has 146 valence electrons. The Morgan fingerprint density at radius 3 is 2.63 bits per heavy atom. The summed E-state index contributed by atoms with van der Waals surface area (Å²) in [5.74, 6) is -0.534. The Morgan fingerprint density at radius 2 is 1.96 bits per heavy atom. The Hall–Kier alpha value is -2.19. The summed E-state index contributed by atoms with van der Waals surface area (Å²) in [5.41, 5.74) is 2.57. The average molecular weight is 380 g/mol. The summed E-state index contributed by atoms with van der Waals surface area (Å²) in [4.78, 5) is 18.3. The van der Waals surface area contributed by atoms with Gasteiger partial charge in [-0.05, 0) is 32.0 Å². The first-order chi connectivity index (χ1) is 12.8. The van der Waals surface area contributed by atoms with Crippen LogP contribution in [0.15, 0.2) is 24.3 Å². The van der Waals surface area contributed by atoms with Crippen LogP contribution in [0.5, 0.6) is 0 Å². The van der Waals surface area contributed by atoms with Crippen LogP contribution < -0.4 is 10.6 Å². The molecule has 1 aliphatic heterocycles. The van der Waals surface area contributed by atoms with Gasteiger partial charge in [0.25, 0.3) is 5.91 Å². The van der Waals surface area contributed by atoms with Gasteiger partial charge in [0.15, 0.2) is 0 Å². The van der Waals surface area contributed by atoms with Crippen molar-refractivity contribution >= 4 is 16.8 Å². The van der Waals surface area contributed by atoms with Gasteiger partial charge in [-0.15, -0.1) is 0 Å². The first-order valence-corrected chi connectivity index (χ1v) is 8.93. The van der Waals surface area contributed by atoms with Crippen LogP contribution in [0.25, 0.3) is 10.9 Å². The van der Waals surface area contributed by atoms with Crippen molar-refractivity contribution in [1.29, 1.82) is 0 Å². The van der Waals surface area contributed by atoms with Crippen molar-refractivity contribution in [2.24, 2.45) is 0 Å². The third kappa shape index (κ3) is 4.56. The predicted molar refractivity (Wildman–Crippen MR) is 97.8 cm³/mol. The summed E-state index contributed by atoms with van der Waals surface area (Å²) in [6.45, 7) is 4.76. The van der Waals surface area contributed by atoms with Crippen molar-refractivity contribution in [3.63, 3.8) is 0 Å². The van der Waals surface area contributed by atoms with E-state index in [2.05, 4.69) is 15.6 Å². The molecule has 8 heteroatoms. The zero-order valence-electron chi connectivity index (χ0n) is 15.4. The molecule has 0 bridgehead atoms. The van der Waals surface area contributed by atoms with E-state index >= 15 is 0 Å². The highest BCUT2D eigenvalue weighted by atomic mass is 19.4. The number of hydrogen-bond acceptors (Lipinski definition) is 4. The number of nitrogens with zero attached hydrogens (tertiary/aromatic N) is 2. The molecule has 1 saturated heterocycles. The Bertz CT molecular complexity index is 832. The van der Waals surface area contributed by atoms with Gasteiger partial charge in [0.2, 0.25) is 0 Å². The van der Waals surface area contributed by atoms with Gasteiger partial charge in [-0.3, -0.25) is 14.7 Å². The number of amides is 1. The van der Waals surface area contributed by atoms with Crippen molar-refractivity contribution in [2.75, 3.05) is 32.7 Å². The molecule has 2 aromatic rings. The largest absolute Gasteiger partial charge is 0.405 e. The minimum Gasteiger partial charge on any atom is -0.350 e. The Morgan fingerprint density at radius 1 is 1.26 bits per heavy atom. The number of piperazine rings is 1. The van der Waals surface area contributed by atoms with Gasteiger partial charge in [-0.1, -0.05) is 11.6 Å². The zero-order valence-corrected chi connectivity index (χ0v) is 15.4. The molecule has 0 spiro atoms. The number of aryl methyl sites for hydroxylation is 2. The molecule has 1 atom stereocenters. The lowest BCUT2D eigenvalue weighted by Gasteiger charge is -2.35. The molecule has 2 N–H and O–H groups in total. The molecule has 1 aliphatic rings. The van der Waals surface area contributed by atoms with Gasteiger partial charge < -0.3 is 10.6 Å². The number of pyridine rings is 1. The molecule has 0 saturated carbocycles. The number of hydrogen-bond donors (Lipinski definition) is 2. The number of carbonyl (C=O) groups is 1. The standard InChI is InChI=1S/C19H23F3N4O/c1-12-3-4-16-14(9-12)10-15(13(2)25-16)18(27)24-11-17(19(20,21)22)26-7-5-23-6-8-26/h3-4,9-10,17,23H,5-8,11H2,1-2H3,(H,24,27). The van der Waals surface area contributed by atoms with Crippen LogP contribution in [-0.4, -0.2) is 60.7 Å². The summed E-state index contributed by atoms with van der Waals surface area (Å²) in [6.07, 6.45) is -4.40. The van der Waals surface area contributed by atoms with Crippen LogP contribution in [0.3, 0.4) is 0 Å². The fourth-order valence-electron chi connectivity index (χ4n) is 3.35. The zero-order chi connectivity index (χ0) is 19.6. The highest BCUT2D eigenvalue weighted by Crippen LogP contribution is 2.25. The Balaban J connectivity index is 1.77. The van der Waals surface area contributed by atoms with Crippen LogP contribution in [-0.2, 0) is 0 Å². The summed E-state index contributed by atoms with van der Waals surface area (Å²) >= 11 is 0. The van der Waals surface area contributed by atoms with Crippen LogP contribution in [0.2, 0.25) is 0 Å². The van der Waals surface area contributed by atoms with Gasteiger partial charge in [-0.2, -0.15) is 13.2 Å². The van der Waals surface area contributed by atoms with E-state index in [9.17, 15) is 18.0 Å². The highest BCUT2D eigenvalue weighted by Gasteiger charge is 2.43. The van der Waals surface area contributed by atoms with E-state index in [0.29, 0.717) is 37.4 Å². The fourth-order valence-corrected chi connectivity index (χ4v) is 3.35. The van der Waals surface area contributed by atoms with Crippen molar-refractivity contribution in [3.05, 3.63) is 41.1 Å². The van der Waals surface area contributed by atoms with Gasteiger partial charge in [-0.25, -0.2) is 0 Å². The van der Waals surface area contributed by atoms with E-state index in [1.807, 2.05) is 25.1 Å². The number of rotatable bonds is 4. The SMILES string of the molecule is Cc1ccc2nc(C)c(C(=O)NCC(N3CCNCC3)C(F)(F)F)cc2c1. The molecular formula is C19H23F3N4O. The number of benzene rings is 1. The second-order valence-corrected chi connectivity index (χ2v) is 6.87. The second kappa shape index (κ2) is 7.82. The van der Waals surface area contributed by atoms with E-state index in [4.69, 9.17) is 0 Å². The third-order valence-electron chi connectivity index (χ3n) is 4.83.